The number of alkyl halides is 1. The highest BCUT2D eigenvalue weighted by Gasteiger charge is 2.30. The van der Waals surface area contributed by atoms with Gasteiger partial charge in [-0.15, -0.1) is 11.6 Å². The lowest BCUT2D eigenvalue weighted by Crippen LogP contribution is -2.43. The SMILES string of the molecule is Cc1ccc(-n2nc(C(C)(C)C)cc2NC(=O)CN(C)C(=O)C(C)(C)CCl)cc1. The second-order valence-electron chi connectivity index (χ2n) is 9.14. The molecule has 2 rings (SSSR count). The maximum absolute atomic E-state index is 12.7. The van der Waals surface area contributed by atoms with Crippen LogP contribution in [0, 0.1) is 12.3 Å². The molecule has 6 nitrogen and oxygen atoms in total. The predicted octanol–water partition coefficient (Wildman–Crippen LogP) is 4.14. The van der Waals surface area contributed by atoms with Crippen molar-refractivity contribution < 1.29 is 9.59 Å². The van der Waals surface area contributed by atoms with E-state index in [-0.39, 0.29) is 29.7 Å². The third-order valence-corrected chi connectivity index (χ3v) is 5.33. The molecule has 0 bridgehead atoms. The number of aryl methyl sites for hydroxylation is 1. The van der Waals surface area contributed by atoms with Gasteiger partial charge in [-0.3, -0.25) is 9.59 Å². The Labute approximate surface area is 178 Å². The van der Waals surface area contributed by atoms with E-state index in [4.69, 9.17) is 16.7 Å². The van der Waals surface area contributed by atoms with Crippen LogP contribution < -0.4 is 5.32 Å². The lowest BCUT2D eigenvalue weighted by atomic mass is 9.92. The molecule has 1 aromatic carbocycles. The number of nitrogens with one attached hydrogen (secondary N) is 1. The highest BCUT2D eigenvalue weighted by Crippen LogP contribution is 2.26. The zero-order chi connectivity index (χ0) is 22.0. The number of hydrogen-bond acceptors (Lipinski definition) is 3. The van der Waals surface area contributed by atoms with Crippen molar-refractivity contribution in [2.24, 2.45) is 5.41 Å². The molecule has 2 aromatic rings. The van der Waals surface area contributed by atoms with Gasteiger partial charge in [-0.05, 0) is 32.9 Å². The van der Waals surface area contributed by atoms with Gasteiger partial charge in [0, 0.05) is 24.4 Å². The Bertz CT molecular complexity index is 879. The number of likely N-dealkylation sites (N-methyl/N-ethyl adjacent to an activating group) is 1. The Balaban J connectivity index is 2.27. The van der Waals surface area contributed by atoms with Gasteiger partial charge in [-0.2, -0.15) is 5.10 Å². The van der Waals surface area contributed by atoms with E-state index in [0.29, 0.717) is 5.82 Å². The third-order valence-electron chi connectivity index (χ3n) is 4.66. The normalized spacial score (nSPS) is 12.0. The molecule has 1 aromatic heterocycles. The summed E-state index contributed by atoms with van der Waals surface area (Å²) in [5.74, 6) is 0.290. The van der Waals surface area contributed by atoms with Crippen molar-refractivity contribution in [2.75, 3.05) is 24.8 Å². The van der Waals surface area contributed by atoms with Crippen LogP contribution >= 0.6 is 11.6 Å². The van der Waals surface area contributed by atoms with E-state index >= 15 is 0 Å². The van der Waals surface area contributed by atoms with E-state index in [2.05, 4.69) is 26.1 Å². The van der Waals surface area contributed by atoms with Crippen LogP contribution in [-0.4, -0.2) is 46.0 Å². The van der Waals surface area contributed by atoms with Gasteiger partial charge >= 0.3 is 0 Å². The summed E-state index contributed by atoms with van der Waals surface area (Å²) >= 11 is 5.88. The maximum atomic E-state index is 12.7. The highest BCUT2D eigenvalue weighted by molar-refractivity contribution is 6.19. The first-order valence-corrected chi connectivity index (χ1v) is 10.2. The molecule has 1 N–H and O–H groups in total. The van der Waals surface area contributed by atoms with Crippen LogP contribution in [-0.2, 0) is 15.0 Å². The minimum atomic E-state index is -0.723. The number of benzene rings is 1. The van der Waals surface area contributed by atoms with Crippen molar-refractivity contribution in [3.05, 3.63) is 41.6 Å². The average Bonchev–Trinajstić information content (AvgIpc) is 3.05. The van der Waals surface area contributed by atoms with Crippen LogP contribution in [0.1, 0.15) is 45.9 Å². The Hall–Kier alpha value is -2.34. The van der Waals surface area contributed by atoms with E-state index in [1.165, 1.54) is 4.90 Å². The molecule has 0 saturated heterocycles. The fraction of sp³-hybridized carbons (Fsp3) is 0.500. The van der Waals surface area contributed by atoms with Crippen LogP contribution in [0.5, 0.6) is 0 Å². The van der Waals surface area contributed by atoms with Gasteiger partial charge in [0.15, 0.2) is 0 Å². The van der Waals surface area contributed by atoms with Crippen LogP contribution in [0.2, 0.25) is 0 Å². The van der Waals surface area contributed by atoms with Crippen molar-refractivity contribution in [1.29, 1.82) is 0 Å². The van der Waals surface area contributed by atoms with E-state index in [9.17, 15) is 9.59 Å². The summed E-state index contributed by atoms with van der Waals surface area (Å²) in [5.41, 5.74) is 1.96. The largest absolute Gasteiger partial charge is 0.336 e. The summed E-state index contributed by atoms with van der Waals surface area (Å²) in [6, 6.07) is 9.80. The fourth-order valence-corrected chi connectivity index (χ4v) is 2.88. The van der Waals surface area contributed by atoms with Crippen molar-refractivity contribution in [1.82, 2.24) is 14.7 Å². The average molecular weight is 419 g/mol. The van der Waals surface area contributed by atoms with Crippen molar-refractivity contribution in [3.63, 3.8) is 0 Å². The fourth-order valence-electron chi connectivity index (χ4n) is 2.76. The number of carbonyl (C=O) groups excluding carboxylic acids is 2. The van der Waals surface area contributed by atoms with Crippen molar-refractivity contribution in [2.45, 2.75) is 47.0 Å². The Kier molecular flexibility index (Phi) is 6.78. The standard InChI is InChI=1S/C22H31ClN4O2/c1-15-8-10-16(11-9-15)27-18(12-17(25-27)21(2,3)4)24-19(28)13-26(7)20(29)22(5,6)14-23/h8-12H,13-14H2,1-7H3,(H,24,28). The second kappa shape index (κ2) is 8.57. The van der Waals surface area contributed by atoms with E-state index in [1.807, 2.05) is 37.3 Å². The molecule has 0 spiro atoms. The number of nitrogens with zero attached hydrogens (tertiary/aromatic N) is 3. The lowest BCUT2D eigenvalue weighted by molar-refractivity contribution is -0.140. The first-order valence-electron chi connectivity index (χ1n) is 9.64. The number of carbonyl (C=O) groups is 2. The van der Waals surface area contributed by atoms with Gasteiger partial charge in [0.2, 0.25) is 11.8 Å². The molecule has 158 valence electrons. The minimum Gasteiger partial charge on any atom is -0.336 e. The summed E-state index contributed by atoms with van der Waals surface area (Å²) in [7, 11) is 1.61. The summed E-state index contributed by atoms with van der Waals surface area (Å²) in [6.07, 6.45) is 0. The number of aromatic nitrogens is 2. The van der Waals surface area contributed by atoms with Gasteiger partial charge < -0.3 is 10.2 Å². The number of anilines is 1. The zero-order valence-corrected chi connectivity index (χ0v) is 19.1. The number of amides is 2. The van der Waals surface area contributed by atoms with Crippen LogP contribution in [0.3, 0.4) is 0 Å². The Morgan fingerprint density at radius 1 is 1.14 bits per heavy atom. The molecule has 29 heavy (non-hydrogen) atoms. The lowest BCUT2D eigenvalue weighted by Gasteiger charge is -2.27. The molecule has 1 heterocycles. The minimum absolute atomic E-state index is 0.0664. The molecule has 0 fully saturated rings. The first-order chi connectivity index (χ1) is 13.3. The molecule has 0 aliphatic carbocycles. The molecule has 2 amide bonds. The van der Waals surface area contributed by atoms with Crippen molar-refractivity contribution >= 4 is 29.2 Å². The van der Waals surface area contributed by atoms with Gasteiger partial charge in [0.1, 0.15) is 5.82 Å². The predicted molar refractivity (Wildman–Crippen MR) is 118 cm³/mol. The summed E-state index contributed by atoms with van der Waals surface area (Å²) in [5, 5.41) is 7.61. The smallest absolute Gasteiger partial charge is 0.245 e. The highest BCUT2D eigenvalue weighted by atomic mass is 35.5. The van der Waals surface area contributed by atoms with Crippen LogP contribution in [0.15, 0.2) is 30.3 Å². The van der Waals surface area contributed by atoms with E-state index in [1.54, 1.807) is 25.6 Å². The molecule has 0 aliphatic heterocycles. The summed E-state index contributed by atoms with van der Waals surface area (Å²) in [4.78, 5) is 26.5. The van der Waals surface area contributed by atoms with Crippen LogP contribution in [0.4, 0.5) is 5.82 Å². The van der Waals surface area contributed by atoms with Crippen LogP contribution in [0.25, 0.3) is 5.69 Å². The Morgan fingerprint density at radius 2 is 1.72 bits per heavy atom. The van der Waals surface area contributed by atoms with Gasteiger partial charge in [0.05, 0.1) is 23.3 Å². The van der Waals surface area contributed by atoms with Gasteiger partial charge in [-0.25, -0.2) is 4.68 Å². The molecule has 0 atom stereocenters. The molecular weight excluding hydrogens is 388 g/mol. The molecule has 0 aliphatic rings. The molecular formula is C22H31ClN4O2. The Morgan fingerprint density at radius 3 is 2.24 bits per heavy atom. The first kappa shape index (κ1) is 22.9. The van der Waals surface area contributed by atoms with E-state index < -0.39 is 5.41 Å². The quantitative estimate of drug-likeness (QED) is 0.717. The monoisotopic (exact) mass is 418 g/mol. The second-order valence-corrected chi connectivity index (χ2v) is 9.41. The summed E-state index contributed by atoms with van der Waals surface area (Å²) in [6.45, 7) is 11.7. The summed E-state index contributed by atoms with van der Waals surface area (Å²) < 4.78 is 1.72. The molecule has 7 heteroatoms. The maximum Gasteiger partial charge on any atom is 0.245 e. The van der Waals surface area contributed by atoms with E-state index in [0.717, 1.165) is 16.9 Å². The third kappa shape index (κ3) is 5.60. The molecule has 0 unspecified atom stereocenters. The number of rotatable bonds is 6. The molecule has 0 radical (unpaired) electrons. The molecule has 0 saturated carbocycles. The zero-order valence-electron chi connectivity index (χ0n) is 18.3. The van der Waals surface area contributed by atoms with Gasteiger partial charge in [0.25, 0.3) is 0 Å². The van der Waals surface area contributed by atoms with Gasteiger partial charge in [-0.1, -0.05) is 38.5 Å². The topological polar surface area (TPSA) is 67.2 Å². The number of halogens is 1. The van der Waals surface area contributed by atoms with Crippen molar-refractivity contribution in [3.8, 4) is 5.69 Å². The number of hydrogen-bond donors (Lipinski definition) is 1.